The van der Waals surface area contributed by atoms with Crippen molar-refractivity contribution in [1.29, 1.82) is 0 Å². The Balaban J connectivity index is 1.81. The Hall–Kier alpha value is -3.42. The van der Waals surface area contributed by atoms with Crippen LogP contribution < -0.4 is 15.9 Å². The number of aromatic nitrogens is 2. The summed E-state index contributed by atoms with van der Waals surface area (Å²) in [5.74, 6) is -0.136. The topological polar surface area (TPSA) is 101 Å². The second-order valence-electron chi connectivity index (χ2n) is 6.16. The number of nitrogens with zero attached hydrogens (tertiary/aromatic N) is 2. The van der Waals surface area contributed by atoms with Gasteiger partial charge in [-0.3, -0.25) is 4.79 Å². The predicted molar refractivity (Wildman–Crippen MR) is 102 cm³/mol. The minimum Gasteiger partial charge on any atom is -0.497 e. The summed E-state index contributed by atoms with van der Waals surface area (Å²) in [5, 5.41) is 4.69. The molecule has 0 saturated heterocycles. The van der Waals surface area contributed by atoms with Crippen LogP contribution in [0.25, 0.3) is 11.0 Å². The van der Waals surface area contributed by atoms with Gasteiger partial charge in [0, 0.05) is 35.7 Å². The van der Waals surface area contributed by atoms with E-state index in [2.05, 4.69) is 5.10 Å². The summed E-state index contributed by atoms with van der Waals surface area (Å²) in [4.78, 5) is 36.0. The van der Waals surface area contributed by atoms with E-state index in [9.17, 15) is 14.4 Å². The van der Waals surface area contributed by atoms with E-state index in [1.807, 2.05) is 6.92 Å². The summed E-state index contributed by atoms with van der Waals surface area (Å²) in [6.07, 6.45) is 1.68. The molecule has 146 valence electrons. The molecule has 0 atom stereocenters. The van der Waals surface area contributed by atoms with Crippen LogP contribution in [-0.2, 0) is 17.9 Å². The molecular weight excluding hydrogens is 364 g/mol. The molecule has 1 aromatic carbocycles. The maximum atomic E-state index is 12.4. The molecule has 0 aliphatic heterocycles. The Morgan fingerprint density at radius 2 is 2.00 bits per heavy atom. The van der Waals surface area contributed by atoms with Crippen LogP contribution in [0.5, 0.6) is 5.75 Å². The Morgan fingerprint density at radius 1 is 1.18 bits per heavy atom. The zero-order valence-electron chi connectivity index (χ0n) is 15.6. The van der Waals surface area contributed by atoms with Gasteiger partial charge in [0.2, 0.25) is 0 Å². The quantitative estimate of drug-likeness (QED) is 0.456. The molecule has 0 saturated carbocycles. The van der Waals surface area contributed by atoms with Gasteiger partial charge in [0.25, 0.3) is 5.56 Å². The molecule has 0 amide bonds. The number of hydrogen-bond donors (Lipinski definition) is 0. The Labute approximate surface area is 160 Å². The molecule has 0 aliphatic rings. The highest BCUT2D eigenvalue weighted by atomic mass is 16.5. The van der Waals surface area contributed by atoms with Crippen molar-refractivity contribution in [2.24, 2.45) is 0 Å². The van der Waals surface area contributed by atoms with Crippen molar-refractivity contribution >= 4 is 16.9 Å². The van der Waals surface area contributed by atoms with Gasteiger partial charge in [-0.25, -0.2) is 14.3 Å². The van der Waals surface area contributed by atoms with E-state index in [1.165, 1.54) is 30.0 Å². The van der Waals surface area contributed by atoms with Crippen molar-refractivity contribution in [2.75, 3.05) is 7.11 Å². The van der Waals surface area contributed by atoms with E-state index in [0.29, 0.717) is 28.8 Å². The smallest absolute Gasteiger partial charge is 0.359 e. The van der Waals surface area contributed by atoms with Gasteiger partial charge in [-0.15, -0.1) is 0 Å². The summed E-state index contributed by atoms with van der Waals surface area (Å²) in [7, 11) is 1.51. The lowest BCUT2D eigenvalue weighted by molar-refractivity contribution is 0.0463. The van der Waals surface area contributed by atoms with Crippen LogP contribution in [0.1, 0.15) is 35.8 Å². The highest BCUT2D eigenvalue weighted by Crippen LogP contribution is 2.23. The fraction of sp³-hybridized carbons (Fsp3) is 0.300. The van der Waals surface area contributed by atoms with E-state index in [4.69, 9.17) is 13.9 Å². The van der Waals surface area contributed by atoms with Crippen LogP contribution in [0.15, 0.2) is 50.4 Å². The maximum absolute atomic E-state index is 12.4. The molecule has 3 rings (SSSR count). The van der Waals surface area contributed by atoms with Gasteiger partial charge in [0.15, 0.2) is 5.69 Å². The van der Waals surface area contributed by atoms with Gasteiger partial charge in [-0.05, 0) is 24.6 Å². The summed E-state index contributed by atoms with van der Waals surface area (Å²) >= 11 is 0. The normalized spacial score (nSPS) is 10.8. The molecule has 2 heterocycles. The van der Waals surface area contributed by atoms with E-state index >= 15 is 0 Å². The zero-order chi connectivity index (χ0) is 20.1. The molecule has 0 bridgehead atoms. The molecule has 8 heteroatoms. The van der Waals surface area contributed by atoms with Gasteiger partial charge < -0.3 is 13.9 Å². The molecule has 3 aromatic rings. The first kappa shape index (κ1) is 19.3. The van der Waals surface area contributed by atoms with Crippen molar-refractivity contribution in [3.8, 4) is 5.75 Å². The number of methoxy groups -OCH3 is 1. The van der Waals surface area contributed by atoms with Gasteiger partial charge in [-0.1, -0.05) is 13.3 Å². The first-order valence-corrected chi connectivity index (χ1v) is 8.88. The lowest BCUT2D eigenvalue weighted by atomic mass is 10.1. The van der Waals surface area contributed by atoms with E-state index in [-0.39, 0.29) is 17.9 Å². The van der Waals surface area contributed by atoms with Crippen molar-refractivity contribution < 1.29 is 18.7 Å². The average Bonchev–Trinajstić information content (AvgIpc) is 2.70. The predicted octanol–water partition coefficient (Wildman–Crippen LogP) is 2.52. The molecule has 0 fully saturated rings. The standard InChI is InChI=1S/C20H20N2O6/c1-3-4-9-22-18(23)8-7-16(21-22)20(25)27-12-13-10-19(24)28-17-11-14(26-2)5-6-15(13)17/h5-8,10-11H,3-4,9,12H2,1-2H3. The molecule has 0 N–H and O–H groups in total. The van der Waals surface area contributed by atoms with Gasteiger partial charge in [0.05, 0.1) is 7.11 Å². The molecule has 8 nitrogen and oxygen atoms in total. The number of ether oxygens (including phenoxy) is 2. The van der Waals surface area contributed by atoms with Crippen LogP contribution in [0.3, 0.4) is 0 Å². The molecular formula is C20H20N2O6. The van der Waals surface area contributed by atoms with E-state index < -0.39 is 11.6 Å². The molecule has 28 heavy (non-hydrogen) atoms. The second-order valence-corrected chi connectivity index (χ2v) is 6.16. The highest BCUT2D eigenvalue weighted by molar-refractivity contribution is 5.87. The lowest BCUT2D eigenvalue weighted by Crippen LogP contribution is -2.25. The van der Waals surface area contributed by atoms with Gasteiger partial charge in [-0.2, -0.15) is 5.10 Å². The largest absolute Gasteiger partial charge is 0.497 e. The number of fused-ring (bicyclic) bond motifs is 1. The Bertz CT molecular complexity index is 1120. The minimum absolute atomic E-state index is 0.0321. The number of aryl methyl sites for hydroxylation is 1. The Kier molecular flexibility index (Phi) is 5.88. The summed E-state index contributed by atoms with van der Waals surface area (Å²) < 4.78 is 16.9. The number of rotatable bonds is 7. The molecule has 0 radical (unpaired) electrons. The number of hydrogen-bond acceptors (Lipinski definition) is 7. The minimum atomic E-state index is -0.680. The van der Waals surface area contributed by atoms with Crippen LogP contribution in [-0.4, -0.2) is 22.9 Å². The first-order chi connectivity index (χ1) is 13.5. The molecule has 2 aromatic heterocycles. The third-order valence-corrected chi connectivity index (χ3v) is 4.20. The maximum Gasteiger partial charge on any atom is 0.359 e. The van der Waals surface area contributed by atoms with Crippen molar-refractivity contribution in [2.45, 2.75) is 32.9 Å². The summed E-state index contributed by atoms with van der Waals surface area (Å²) in [6.45, 7) is 2.30. The van der Waals surface area contributed by atoms with Crippen LogP contribution in [0.2, 0.25) is 0 Å². The number of esters is 1. The van der Waals surface area contributed by atoms with Crippen LogP contribution >= 0.6 is 0 Å². The third-order valence-electron chi connectivity index (χ3n) is 4.20. The fourth-order valence-corrected chi connectivity index (χ4v) is 2.70. The van der Waals surface area contributed by atoms with E-state index in [1.54, 1.807) is 18.2 Å². The third kappa shape index (κ3) is 4.28. The zero-order valence-corrected chi connectivity index (χ0v) is 15.6. The SMILES string of the molecule is CCCCn1nc(C(=O)OCc2cc(=O)oc3cc(OC)ccc23)ccc1=O. The second kappa shape index (κ2) is 8.51. The monoisotopic (exact) mass is 384 g/mol. The van der Waals surface area contributed by atoms with Crippen molar-refractivity contribution in [1.82, 2.24) is 9.78 Å². The lowest BCUT2D eigenvalue weighted by Gasteiger charge is -2.09. The molecule has 0 aliphatic carbocycles. The molecule has 0 unspecified atom stereocenters. The van der Waals surface area contributed by atoms with Crippen molar-refractivity contribution in [3.63, 3.8) is 0 Å². The Morgan fingerprint density at radius 3 is 2.75 bits per heavy atom. The summed E-state index contributed by atoms with van der Waals surface area (Å²) in [5.41, 5.74) is 0.0407. The van der Waals surface area contributed by atoms with E-state index in [0.717, 1.165) is 12.8 Å². The number of unbranched alkanes of at least 4 members (excludes halogenated alkanes) is 1. The summed E-state index contributed by atoms with van der Waals surface area (Å²) in [6, 6.07) is 8.93. The van der Waals surface area contributed by atoms with Gasteiger partial charge in [0.1, 0.15) is 17.9 Å². The van der Waals surface area contributed by atoms with Crippen molar-refractivity contribution in [3.05, 3.63) is 68.4 Å². The average molecular weight is 384 g/mol. The molecule has 0 spiro atoms. The number of carbonyl (C=O) groups is 1. The number of benzene rings is 1. The van der Waals surface area contributed by atoms with Gasteiger partial charge >= 0.3 is 11.6 Å². The fourth-order valence-electron chi connectivity index (χ4n) is 2.70. The van der Waals surface area contributed by atoms with Crippen LogP contribution in [0, 0.1) is 0 Å². The highest BCUT2D eigenvalue weighted by Gasteiger charge is 2.14. The first-order valence-electron chi connectivity index (χ1n) is 8.88. The number of carbonyl (C=O) groups excluding carboxylic acids is 1. The van der Waals surface area contributed by atoms with Crippen LogP contribution in [0.4, 0.5) is 0 Å².